The molecule has 2 aromatic carbocycles. The van der Waals surface area contributed by atoms with E-state index in [9.17, 15) is 19.2 Å². The number of aromatic nitrogens is 4. The lowest BCUT2D eigenvalue weighted by Crippen LogP contribution is -2.51. The van der Waals surface area contributed by atoms with Gasteiger partial charge in [0.1, 0.15) is 35.7 Å². The van der Waals surface area contributed by atoms with Gasteiger partial charge in [-0.25, -0.2) is 19.6 Å². The highest BCUT2D eigenvalue weighted by Gasteiger charge is 2.34. The first-order chi connectivity index (χ1) is 29.4. The van der Waals surface area contributed by atoms with Crippen molar-refractivity contribution in [3.63, 3.8) is 0 Å². The summed E-state index contributed by atoms with van der Waals surface area (Å²) in [6, 6.07) is 11.8. The Morgan fingerprint density at radius 3 is 2.38 bits per heavy atom. The monoisotopic (exact) mass is 836 g/mol. The van der Waals surface area contributed by atoms with Crippen LogP contribution < -0.4 is 15.4 Å². The summed E-state index contributed by atoms with van der Waals surface area (Å²) in [7, 11) is 2.55. The summed E-state index contributed by atoms with van der Waals surface area (Å²) >= 11 is 0. The van der Waals surface area contributed by atoms with Gasteiger partial charge in [-0.15, -0.1) is 0 Å². The topological polar surface area (TPSA) is 184 Å². The molecule has 2 aromatic heterocycles. The van der Waals surface area contributed by atoms with Crippen LogP contribution in [0.5, 0.6) is 5.75 Å². The predicted molar refractivity (Wildman–Crippen MR) is 232 cm³/mol. The highest BCUT2D eigenvalue weighted by atomic mass is 16.5. The smallest absolute Gasteiger partial charge is 0.407 e. The summed E-state index contributed by atoms with van der Waals surface area (Å²) in [6.45, 7) is 13.5. The number of carbonyl (C=O) groups is 4. The standard InChI is InChI=1S/C43H52N8O7.C3H8/c1-7-16-50(41(53)39(24(2)3)49-43(55)57-6)23-36-44-20-31(47-36)27-11-14-30-26(18-27)12-15-34-38(30)25(4)29-13-10-28(19-35(29)58-34)32-21-45-40(48-32)33-9-8-17-51(33)37(52)22-46-42(54)56-5;1-3-2/h10-11,13-14,18-21,24-25,33,39H,7-9,12,15-17,22-23H2,1-6H3,(H,44,47)(H,45,48)(H,46,54)(H,49,55);3H2,1-2H3/t25?,33-,39?;/m0./s1. The fourth-order valence-electron chi connectivity index (χ4n) is 8.31. The number of ether oxygens (including phenoxy) is 3. The average molecular weight is 837 g/mol. The SMILES string of the molecule is CCC.CCCN(Cc1ncc(-c2ccc3c(c2)CCC2=C3C(C)c3ccc(-c4cnc([C@@H]5CCCN5C(=O)CNC(=O)OC)[nH]4)cc3O2)[nH]1)C(=O)C(NC(=O)OC)C(C)C. The molecule has 1 aliphatic carbocycles. The Bertz CT molecular complexity index is 2240. The number of carbonyl (C=O) groups excluding carboxylic acids is 4. The molecule has 1 fully saturated rings. The zero-order valence-electron chi connectivity index (χ0n) is 36.6. The molecule has 0 radical (unpaired) electrons. The van der Waals surface area contributed by atoms with Crippen LogP contribution in [0.2, 0.25) is 0 Å². The van der Waals surface area contributed by atoms with Crippen molar-refractivity contribution in [2.24, 2.45) is 5.92 Å². The van der Waals surface area contributed by atoms with Gasteiger partial charge in [-0.1, -0.05) is 72.2 Å². The van der Waals surface area contributed by atoms with E-state index < -0.39 is 18.2 Å². The molecule has 15 heteroatoms. The number of nitrogens with one attached hydrogen (secondary N) is 4. The molecule has 4 amide bonds. The van der Waals surface area contributed by atoms with Crippen molar-refractivity contribution < 1.29 is 33.4 Å². The number of H-pyrrole nitrogens is 2. The second-order valence-electron chi connectivity index (χ2n) is 16.1. The lowest BCUT2D eigenvalue weighted by atomic mass is 9.78. The van der Waals surface area contributed by atoms with Crippen LogP contribution in [0.15, 0.2) is 54.6 Å². The Morgan fingerprint density at radius 1 is 0.951 bits per heavy atom. The highest BCUT2D eigenvalue weighted by molar-refractivity contribution is 5.86. The highest BCUT2D eigenvalue weighted by Crippen LogP contribution is 2.49. The van der Waals surface area contributed by atoms with Crippen LogP contribution in [-0.4, -0.2) is 93.6 Å². The summed E-state index contributed by atoms with van der Waals surface area (Å²) in [5.41, 5.74) is 8.38. The van der Waals surface area contributed by atoms with Crippen molar-refractivity contribution >= 4 is 29.6 Å². The van der Waals surface area contributed by atoms with Gasteiger partial charge in [0.15, 0.2) is 0 Å². The van der Waals surface area contributed by atoms with E-state index in [1.165, 1.54) is 37.3 Å². The Kier molecular flexibility index (Phi) is 14.5. The van der Waals surface area contributed by atoms with Gasteiger partial charge >= 0.3 is 12.2 Å². The third kappa shape index (κ3) is 9.92. The number of rotatable bonds is 12. The third-order valence-electron chi connectivity index (χ3n) is 11.3. The molecular formula is C46H60N8O7. The first-order valence-electron chi connectivity index (χ1n) is 21.4. The number of amides is 4. The van der Waals surface area contributed by atoms with Crippen molar-refractivity contribution in [3.8, 4) is 28.3 Å². The number of aryl methyl sites for hydroxylation is 1. The van der Waals surface area contributed by atoms with E-state index in [4.69, 9.17) is 9.47 Å². The maximum Gasteiger partial charge on any atom is 0.407 e. The summed E-state index contributed by atoms with van der Waals surface area (Å²) in [4.78, 5) is 69.6. The Balaban J connectivity index is 0.00000201. The molecule has 2 aliphatic heterocycles. The van der Waals surface area contributed by atoms with E-state index in [0.717, 1.165) is 71.7 Å². The van der Waals surface area contributed by atoms with Gasteiger partial charge in [0.25, 0.3) is 0 Å². The molecule has 7 rings (SSSR count). The van der Waals surface area contributed by atoms with Crippen molar-refractivity contribution in [2.75, 3.05) is 33.9 Å². The molecule has 1 saturated heterocycles. The Morgan fingerprint density at radius 2 is 1.66 bits per heavy atom. The average Bonchev–Trinajstić information content (AvgIpc) is 4.06. The van der Waals surface area contributed by atoms with Crippen molar-refractivity contribution in [1.82, 2.24) is 40.4 Å². The van der Waals surface area contributed by atoms with Gasteiger partial charge in [0.2, 0.25) is 11.8 Å². The minimum Gasteiger partial charge on any atom is -0.461 e. The number of allylic oxidation sites excluding steroid dienone is 2. The third-order valence-corrected chi connectivity index (χ3v) is 11.3. The molecule has 4 N–H and O–H groups in total. The van der Waals surface area contributed by atoms with E-state index in [1.54, 1.807) is 16.0 Å². The quantitative estimate of drug-likeness (QED) is 0.110. The van der Waals surface area contributed by atoms with E-state index in [2.05, 4.69) is 92.5 Å². The van der Waals surface area contributed by atoms with Crippen LogP contribution in [0, 0.1) is 5.92 Å². The lowest BCUT2D eigenvalue weighted by molar-refractivity contribution is -0.135. The summed E-state index contributed by atoms with van der Waals surface area (Å²) in [6.07, 6.45) is 7.56. The predicted octanol–water partition coefficient (Wildman–Crippen LogP) is 7.88. The van der Waals surface area contributed by atoms with Crippen LogP contribution in [0.3, 0.4) is 0 Å². The van der Waals surface area contributed by atoms with Gasteiger partial charge in [-0.3, -0.25) is 9.59 Å². The number of hydrogen-bond donors (Lipinski definition) is 4. The fourth-order valence-corrected chi connectivity index (χ4v) is 8.31. The molecule has 61 heavy (non-hydrogen) atoms. The molecule has 4 heterocycles. The van der Waals surface area contributed by atoms with Crippen LogP contribution in [-0.2, 0) is 32.0 Å². The Hall–Kier alpha value is -6.12. The second kappa shape index (κ2) is 20.0. The van der Waals surface area contributed by atoms with Crippen molar-refractivity contribution in [1.29, 1.82) is 0 Å². The van der Waals surface area contributed by atoms with Crippen molar-refractivity contribution in [3.05, 3.63) is 82.9 Å². The molecule has 3 atom stereocenters. The zero-order chi connectivity index (χ0) is 43.8. The normalized spacial score (nSPS) is 16.9. The minimum atomic E-state index is -0.712. The van der Waals surface area contributed by atoms with Gasteiger partial charge in [-0.05, 0) is 60.4 Å². The van der Waals surface area contributed by atoms with Crippen LogP contribution in [0.4, 0.5) is 9.59 Å². The first-order valence-corrected chi connectivity index (χ1v) is 21.4. The number of methoxy groups -OCH3 is 2. The number of imidazole rings is 2. The molecule has 0 bridgehead atoms. The van der Waals surface area contributed by atoms with E-state index in [1.807, 2.05) is 27.0 Å². The van der Waals surface area contributed by atoms with Gasteiger partial charge in [0, 0.05) is 42.1 Å². The molecule has 2 unspecified atom stereocenters. The largest absolute Gasteiger partial charge is 0.461 e. The number of alkyl carbamates (subject to hydrolysis) is 2. The van der Waals surface area contributed by atoms with Crippen LogP contribution >= 0.6 is 0 Å². The lowest BCUT2D eigenvalue weighted by Gasteiger charge is -2.33. The number of nitrogens with zero attached hydrogens (tertiary/aromatic N) is 4. The van der Waals surface area contributed by atoms with Crippen LogP contribution in [0.25, 0.3) is 28.1 Å². The number of aromatic amines is 2. The molecule has 0 spiro atoms. The fraction of sp³-hybridized carbons (Fsp3) is 0.478. The van der Waals surface area contributed by atoms with E-state index in [-0.39, 0.29) is 42.8 Å². The molecule has 4 aromatic rings. The molecule has 0 saturated carbocycles. The van der Waals surface area contributed by atoms with Gasteiger partial charge < -0.3 is 44.6 Å². The maximum atomic E-state index is 13.6. The number of hydrogen-bond acceptors (Lipinski definition) is 9. The summed E-state index contributed by atoms with van der Waals surface area (Å²) in [5, 5.41) is 5.16. The summed E-state index contributed by atoms with van der Waals surface area (Å²) in [5.74, 6) is 2.81. The molecule has 3 aliphatic rings. The number of likely N-dealkylation sites (tertiary alicyclic amines) is 1. The molecular weight excluding hydrogens is 777 g/mol. The number of fused-ring (bicyclic) bond motifs is 3. The van der Waals surface area contributed by atoms with Gasteiger partial charge in [0.05, 0.1) is 50.6 Å². The van der Waals surface area contributed by atoms with Crippen LogP contribution in [0.1, 0.15) is 114 Å². The maximum absolute atomic E-state index is 13.6. The Labute approximate surface area is 358 Å². The molecule has 15 nitrogen and oxygen atoms in total. The van der Waals surface area contributed by atoms with E-state index in [0.29, 0.717) is 24.7 Å². The first kappa shape index (κ1) is 44.4. The van der Waals surface area contributed by atoms with Crippen molar-refractivity contribution in [2.45, 2.75) is 105 Å². The second-order valence-corrected chi connectivity index (χ2v) is 16.1. The minimum absolute atomic E-state index is 0.107. The molecule has 326 valence electrons. The number of benzene rings is 2. The zero-order valence-corrected chi connectivity index (χ0v) is 36.6. The van der Waals surface area contributed by atoms with Gasteiger partial charge in [-0.2, -0.15) is 0 Å². The van der Waals surface area contributed by atoms with E-state index >= 15 is 0 Å². The summed E-state index contributed by atoms with van der Waals surface area (Å²) < 4.78 is 16.0.